The monoisotopic (exact) mass is 530 g/mol. The third-order valence-corrected chi connectivity index (χ3v) is 9.02. The number of aromatic amines is 1. The largest absolute Gasteiger partial charge is 0.382 e. The predicted octanol–water partition coefficient (Wildman–Crippen LogP) is 4.14. The number of aromatic nitrogens is 2. The molecule has 2 aromatic carbocycles. The van der Waals surface area contributed by atoms with Gasteiger partial charge in [-0.25, -0.2) is 17.2 Å². The molecule has 0 saturated carbocycles. The number of anilines is 1. The highest BCUT2D eigenvalue weighted by molar-refractivity contribution is 7.89. The third kappa shape index (κ3) is 4.78. The molecule has 196 valence electrons. The van der Waals surface area contributed by atoms with Crippen LogP contribution >= 0.6 is 0 Å². The molecular weight excluding hydrogens is 502 g/mol. The van der Waals surface area contributed by atoms with Crippen LogP contribution in [0.3, 0.4) is 0 Å². The number of sulfonamides is 1. The summed E-state index contributed by atoms with van der Waals surface area (Å²) in [5.41, 5.74) is 1.76. The van der Waals surface area contributed by atoms with Gasteiger partial charge in [-0.2, -0.15) is 9.40 Å². The number of halogens is 2. The maximum Gasteiger partial charge on any atom is 0.244 e. The zero-order valence-electron chi connectivity index (χ0n) is 20.6. The van der Waals surface area contributed by atoms with Crippen molar-refractivity contribution in [3.63, 3.8) is 0 Å². The number of benzene rings is 2. The molecule has 3 aromatic rings. The Kier molecular flexibility index (Phi) is 6.63. The third-order valence-electron chi connectivity index (χ3n) is 7.03. The first-order valence-corrected chi connectivity index (χ1v) is 13.5. The summed E-state index contributed by atoms with van der Waals surface area (Å²) in [5.74, 6) is -2.10. The van der Waals surface area contributed by atoms with Gasteiger partial charge in [0, 0.05) is 54.4 Å². The molecule has 0 radical (unpaired) electrons. The van der Waals surface area contributed by atoms with Crippen LogP contribution in [-0.2, 0) is 33.3 Å². The van der Waals surface area contributed by atoms with E-state index in [1.54, 1.807) is 26.0 Å². The number of carbonyl (C=O) groups excluding carboxylic acids is 1. The normalized spacial score (nSPS) is 18.1. The van der Waals surface area contributed by atoms with Gasteiger partial charge in [-0.05, 0) is 51.0 Å². The van der Waals surface area contributed by atoms with Crippen LogP contribution in [0.2, 0.25) is 0 Å². The lowest BCUT2D eigenvalue weighted by Crippen LogP contribution is -2.40. The molecule has 11 heteroatoms. The first-order valence-electron chi connectivity index (χ1n) is 12.1. The second-order valence-electron chi connectivity index (χ2n) is 9.88. The standard InChI is InChI=1S/C26H28F2N4O4S/c1-26(2)25-21(15-32(26)37(34,35)19-12-16(27)11-17(28)13-19)23(30-31-25)14-24(33)20-5-3-4-6-22(20)29-18-7-9-36-10-8-18/h3-6,11-13,18,29H,7-10,14-15H2,1-2H3,(H,30,31). The Bertz CT molecular complexity index is 1430. The lowest BCUT2D eigenvalue weighted by atomic mass is 9.98. The highest BCUT2D eigenvalue weighted by Crippen LogP contribution is 2.42. The van der Waals surface area contributed by atoms with Crippen molar-refractivity contribution in [1.82, 2.24) is 14.5 Å². The molecule has 0 atom stereocenters. The van der Waals surface area contributed by atoms with Gasteiger partial charge in [-0.3, -0.25) is 9.89 Å². The number of hydrogen-bond acceptors (Lipinski definition) is 6. The summed E-state index contributed by atoms with van der Waals surface area (Å²) in [6.45, 7) is 4.61. The average Bonchev–Trinajstić information content (AvgIpc) is 3.37. The number of ketones is 1. The minimum atomic E-state index is -4.26. The van der Waals surface area contributed by atoms with Crippen LogP contribution in [0.5, 0.6) is 0 Å². The molecule has 0 bridgehead atoms. The first-order chi connectivity index (χ1) is 17.6. The predicted molar refractivity (Wildman–Crippen MR) is 133 cm³/mol. The number of nitrogens with zero attached hydrogens (tertiary/aromatic N) is 2. The Morgan fingerprint density at radius 3 is 2.54 bits per heavy atom. The maximum atomic E-state index is 13.8. The highest BCUT2D eigenvalue weighted by Gasteiger charge is 2.48. The van der Waals surface area contributed by atoms with Gasteiger partial charge >= 0.3 is 0 Å². The number of ether oxygens (including phenoxy) is 1. The maximum absolute atomic E-state index is 13.8. The topological polar surface area (TPSA) is 104 Å². The van der Waals surface area contributed by atoms with E-state index >= 15 is 0 Å². The zero-order valence-corrected chi connectivity index (χ0v) is 21.4. The van der Waals surface area contributed by atoms with Crippen molar-refractivity contribution in [3.8, 4) is 0 Å². The molecule has 2 N–H and O–H groups in total. The van der Waals surface area contributed by atoms with E-state index in [2.05, 4.69) is 15.5 Å². The van der Waals surface area contributed by atoms with Crippen molar-refractivity contribution < 1.29 is 26.7 Å². The van der Waals surface area contributed by atoms with E-state index in [1.807, 2.05) is 12.1 Å². The van der Waals surface area contributed by atoms with Gasteiger partial charge < -0.3 is 10.1 Å². The highest BCUT2D eigenvalue weighted by atomic mass is 32.2. The molecule has 2 aliphatic rings. The quantitative estimate of drug-likeness (QED) is 0.445. The van der Waals surface area contributed by atoms with Gasteiger partial charge in [-0.15, -0.1) is 0 Å². The molecule has 0 aliphatic carbocycles. The van der Waals surface area contributed by atoms with Crippen LogP contribution in [0.15, 0.2) is 47.4 Å². The molecule has 37 heavy (non-hydrogen) atoms. The fraction of sp³-hybridized carbons (Fsp3) is 0.385. The summed E-state index contributed by atoms with van der Waals surface area (Å²) >= 11 is 0. The Labute approximate surface area is 214 Å². The van der Waals surface area contributed by atoms with Crippen molar-refractivity contribution in [2.24, 2.45) is 0 Å². The number of H-pyrrole nitrogens is 1. The molecule has 5 rings (SSSR count). The fourth-order valence-corrected chi connectivity index (χ4v) is 6.81. The fourth-order valence-electron chi connectivity index (χ4n) is 5.04. The van der Waals surface area contributed by atoms with Crippen LogP contribution < -0.4 is 5.32 Å². The zero-order chi connectivity index (χ0) is 26.4. The smallest absolute Gasteiger partial charge is 0.244 e. The van der Waals surface area contributed by atoms with Crippen molar-refractivity contribution >= 4 is 21.5 Å². The molecule has 8 nitrogen and oxygen atoms in total. The molecule has 2 aliphatic heterocycles. The molecule has 3 heterocycles. The molecule has 1 fully saturated rings. The van der Waals surface area contributed by atoms with Crippen LogP contribution in [-0.4, -0.2) is 48.0 Å². The first kappa shape index (κ1) is 25.5. The Balaban J connectivity index is 1.40. The molecule has 1 saturated heterocycles. The molecule has 0 unspecified atom stereocenters. The second-order valence-corrected chi connectivity index (χ2v) is 11.7. The van der Waals surface area contributed by atoms with Gasteiger partial charge in [0.15, 0.2) is 5.78 Å². The van der Waals surface area contributed by atoms with Crippen molar-refractivity contribution in [2.75, 3.05) is 18.5 Å². The number of nitrogens with one attached hydrogen (secondary N) is 2. The number of hydrogen-bond donors (Lipinski definition) is 2. The SMILES string of the molecule is CC1(C)c2n[nH]c(CC(=O)c3ccccc3NC3CCOCC3)c2CN1S(=O)(=O)c1cc(F)cc(F)c1. The van der Waals surface area contributed by atoms with E-state index < -0.39 is 32.1 Å². The average molecular weight is 531 g/mol. The summed E-state index contributed by atoms with van der Waals surface area (Å²) in [4.78, 5) is 12.9. The van der Waals surface area contributed by atoms with E-state index in [9.17, 15) is 22.0 Å². The Morgan fingerprint density at radius 2 is 1.84 bits per heavy atom. The van der Waals surface area contributed by atoms with Gasteiger partial charge in [0.2, 0.25) is 10.0 Å². The van der Waals surface area contributed by atoms with Gasteiger partial charge in [0.1, 0.15) is 11.6 Å². The molecule has 1 aromatic heterocycles. The van der Waals surface area contributed by atoms with E-state index in [-0.39, 0.29) is 24.8 Å². The Hall–Kier alpha value is -3.15. The summed E-state index contributed by atoms with van der Waals surface area (Å²) in [5, 5.41) is 10.7. The van der Waals surface area contributed by atoms with E-state index in [0.29, 0.717) is 41.8 Å². The van der Waals surface area contributed by atoms with E-state index in [1.165, 1.54) is 0 Å². The molecular formula is C26H28F2N4O4S. The van der Waals surface area contributed by atoms with Crippen molar-refractivity contribution in [3.05, 3.63) is 76.6 Å². The minimum Gasteiger partial charge on any atom is -0.382 e. The van der Waals surface area contributed by atoms with Crippen LogP contribution in [0.4, 0.5) is 14.5 Å². The molecule has 0 amide bonds. The van der Waals surface area contributed by atoms with E-state index in [4.69, 9.17) is 4.74 Å². The molecule has 0 spiro atoms. The van der Waals surface area contributed by atoms with Crippen molar-refractivity contribution in [2.45, 2.75) is 56.1 Å². The number of para-hydroxylation sites is 1. The lowest BCUT2D eigenvalue weighted by Gasteiger charge is -2.30. The van der Waals surface area contributed by atoms with Crippen LogP contribution in [0.25, 0.3) is 0 Å². The minimum absolute atomic E-state index is 0.00658. The van der Waals surface area contributed by atoms with Gasteiger partial charge in [0.25, 0.3) is 0 Å². The van der Waals surface area contributed by atoms with Crippen molar-refractivity contribution in [1.29, 1.82) is 0 Å². The number of rotatable bonds is 7. The number of Topliss-reactive ketones (excluding diaryl/α,β-unsaturated/α-hetero) is 1. The van der Waals surface area contributed by atoms with Crippen LogP contribution in [0.1, 0.15) is 54.0 Å². The van der Waals surface area contributed by atoms with Gasteiger partial charge in [0.05, 0.1) is 22.5 Å². The summed E-state index contributed by atoms with van der Waals surface area (Å²) in [7, 11) is -4.26. The van der Waals surface area contributed by atoms with Gasteiger partial charge in [-0.1, -0.05) is 12.1 Å². The van der Waals surface area contributed by atoms with E-state index in [0.717, 1.165) is 35.0 Å². The second kappa shape index (κ2) is 9.62. The summed E-state index contributed by atoms with van der Waals surface area (Å²) < 4.78 is 60.9. The summed E-state index contributed by atoms with van der Waals surface area (Å²) in [6, 6.07) is 9.73. The number of fused-ring (bicyclic) bond motifs is 1. The lowest BCUT2D eigenvalue weighted by molar-refractivity contribution is 0.0904. The Morgan fingerprint density at radius 1 is 1.16 bits per heavy atom. The number of carbonyl (C=O) groups is 1. The summed E-state index contributed by atoms with van der Waals surface area (Å²) in [6.07, 6.45) is 1.70. The van der Waals surface area contributed by atoms with Crippen LogP contribution in [0, 0.1) is 11.6 Å².